The number of halogens is 1. The number of morpholine rings is 1. The minimum absolute atomic E-state index is 0.159. The highest BCUT2D eigenvalue weighted by atomic mass is 79.9. The van der Waals surface area contributed by atoms with E-state index in [4.69, 9.17) is 10.00 Å². The van der Waals surface area contributed by atoms with Crippen LogP contribution in [-0.2, 0) is 4.74 Å². The van der Waals surface area contributed by atoms with Gasteiger partial charge in [-0.15, -0.1) is 0 Å². The number of hydrogen-bond donors (Lipinski definition) is 0. The zero-order valence-electron chi connectivity index (χ0n) is 10.3. The van der Waals surface area contributed by atoms with E-state index in [2.05, 4.69) is 15.9 Å². The molecular weight excluding hydrogens is 330 g/mol. The number of nitro benzene ring substituents is 1. The first kappa shape index (κ1) is 14.4. The van der Waals surface area contributed by atoms with Crippen molar-refractivity contribution in [2.75, 3.05) is 19.7 Å². The van der Waals surface area contributed by atoms with Gasteiger partial charge in [0.25, 0.3) is 11.6 Å². The van der Waals surface area contributed by atoms with Crippen molar-refractivity contribution in [2.45, 2.75) is 6.10 Å². The number of hydrogen-bond acceptors (Lipinski definition) is 5. The molecule has 0 bridgehead atoms. The SMILES string of the molecule is N#CC1CN(C(=O)c2cc(Br)cc([N+](=O)[O-])c2)CCO1. The molecule has 1 heterocycles. The van der Waals surface area contributed by atoms with Gasteiger partial charge in [-0.3, -0.25) is 14.9 Å². The summed E-state index contributed by atoms with van der Waals surface area (Å²) >= 11 is 3.15. The van der Waals surface area contributed by atoms with Crippen molar-refractivity contribution in [3.05, 3.63) is 38.3 Å². The van der Waals surface area contributed by atoms with Crippen molar-refractivity contribution in [3.8, 4) is 6.07 Å². The van der Waals surface area contributed by atoms with Crippen LogP contribution in [0.4, 0.5) is 5.69 Å². The molecule has 1 atom stereocenters. The molecule has 0 aromatic heterocycles. The van der Waals surface area contributed by atoms with Gasteiger partial charge in [0.15, 0.2) is 6.10 Å². The Kier molecular flexibility index (Phi) is 4.32. The van der Waals surface area contributed by atoms with Gasteiger partial charge in [-0.05, 0) is 6.07 Å². The third-order valence-corrected chi connectivity index (χ3v) is 3.30. The maximum Gasteiger partial charge on any atom is 0.271 e. The predicted molar refractivity (Wildman–Crippen MR) is 72.1 cm³/mol. The first-order chi connectivity index (χ1) is 9.51. The molecular formula is C12H10BrN3O4. The molecule has 20 heavy (non-hydrogen) atoms. The second-order valence-electron chi connectivity index (χ2n) is 4.19. The molecule has 1 aromatic carbocycles. The summed E-state index contributed by atoms with van der Waals surface area (Å²) in [6.07, 6.45) is -0.658. The van der Waals surface area contributed by atoms with Crippen molar-refractivity contribution < 1.29 is 14.5 Å². The number of nitrogens with zero attached hydrogens (tertiary/aromatic N) is 3. The number of nitriles is 1. The summed E-state index contributed by atoms with van der Waals surface area (Å²) in [4.78, 5) is 24.0. The molecule has 1 unspecified atom stereocenters. The third-order valence-electron chi connectivity index (χ3n) is 2.84. The van der Waals surface area contributed by atoms with Crippen molar-refractivity contribution in [1.29, 1.82) is 5.26 Å². The molecule has 104 valence electrons. The molecule has 1 aromatic rings. The highest BCUT2D eigenvalue weighted by molar-refractivity contribution is 9.10. The number of rotatable bonds is 2. The van der Waals surface area contributed by atoms with Crippen LogP contribution in [0.25, 0.3) is 0 Å². The smallest absolute Gasteiger partial charge is 0.271 e. The quantitative estimate of drug-likeness (QED) is 0.603. The van der Waals surface area contributed by atoms with E-state index < -0.39 is 11.0 Å². The minimum atomic E-state index is -0.658. The second-order valence-corrected chi connectivity index (χ2v) is 5.11. The van der Waals surface area contributed by atoms with Crippen molar-refractivity contribution in [3.63, 3.8) is 0 Å². The number of carbonyl (C=O) groups is 1. The number of non-ortho nitro benzene ring substituents is 1. The number of nitro groups is 1. The average molecular weight is 340 g/mol. The lowest BCUT2D eigenvalue weighted by Gasteiger charge is -2.29. The van der Waals surface area contributed by atoms with Crippen LogP contribution in [0.3, 0.4) is 0 Å². The van der Waals surface area contributed by atoms with Crippen molar-refractivity contribution >= 4 is 27.5 Å². The maximum atomic E-state index is 12.3. The lowest BCUT2D eigenvalue weighted by Crippen LogP contribution is -2.45. The molecule has 1 aliphatic rings. The van der Waals surface area contributed by atoms with E-state index in [9.17, 15) is 14.9 Å². The van der Waals surface area contributed by atoms with Crippen molar-refractivity contribution in [1.82, 2.24) is 4.90 Å². The van der Waals surface area contributed by atoms with E-state index in [-0.39, 0.29) is 30.3 Å². The van der Waals surface area contributed by atoms with Gasteiger partial charge >= 0.3 is 0 Å². The first-order valence-corrected chi connectivity index (χ1v) is 6.56. The van der Waals surface area contributed by atoms with E-state index in [0.29, 0.717) is 11.0 Å². The van der Waals surface area contributed by atoms with Crippen LogP contribution >= 0.6 is 15.9 Å². The largest absolute Gasteiger partial charge is 0.360 e. The molecule has 0 spiro atoms. The lowest BCUT2D eigenvalue weighted by atomic mass is 10.1. The molecule has 1 amide bonds. The number of benzene rings is 1. The minimum Gasteiger partial charge on any atom is -0.360 e. The molecule has 0 radical (unpaired) electrons. The fourth-order valence-corrected chi connectivity index (χ4v) is 2.38. The molecule has 0 N–H and O–H groups in total. The number of ether oxygens (including phenoxy) is 1. The second kappa shape index (κ2) is 5.98. The summed E-state index contributed by atoms with van der Waals surface area (Å²) in [5.41, 5.74) is 0.0532. The Hall–Kier alpha value is -1.98. The maximum absolute atomic E-state index is 12.3. The highest BCUT2D eigenvalue weighted by Crippen LogP contribution is 2.23. The van der Waals surface area contributed by atoms with Crippen LogP contribution < -0.4 is 0 Å². The van der Waals surface area contributed by atoms with Gasteiger partial charge in [0.1, 0.15) is 0 Å². The predicted octanol–water partition coefficient (Wildman–Crippen LogP) is 1.72. The Morgan fingerprint density at radius 3 is 2.95 bits per heavy atom. The Morgan fingerprint density at radius 1 is 1.55 bits per heavy atom. The molecule has 0 aliphatic carbocycles. The standard InChI is InChI=1S/C12H10BrN3O4/c13-9-3-8(4-10(5-9)16(18)19)12(17)15-1-2-20-11(6-14)7-15/h3-5,11H,1-2,7H2. The van der Waals surface area contributed by atoms with E-state index in [1.165, 1.54) is 23.1 Å². The molecule has 0 saturated carbocycles. The monoisotopic (exact) mass is 339 g/mol. The molecule has 1 aliphatic heterocycles. The Morgan fingerprint density at radius 2 is 2.30 bits per heavy atom. The Balaban J connectivity index is 2.25. The van der Waals surface area contributed by atoms with Gasteiger partial charge in [-0.2, -0.15) is 5.26 Å². The van der Waals surface area contributed by atoms with Crippen LogP contribution in [0.1, 0.15) is 10.4 Å². The van der Waals surface area contributed by atoms with E-state index >= 15 is 0 Å². The Bertz CT molecular complexity index is 599. The van der Waals surface area contributed by atoms with Crippen LogP contribution in [0, 0.1) is 21.4 Å². The zero-order valence-corrected chi connectivity index (χ0v) is 11.9. The topological polar surface area (TPSA) is 96.5 Å². The van der Waals surface area contributed by atoms with Crippen LogP contribution in [0.5, 0.6) is 0 Å². The third kappa shape index (κ3) is 3.12. The highest BCUT2D eigenvalue weighted by Gasteiger charge is 2.26. The summed E-state index contributed by atoms with van der Waals surface area (Å²) in [6.45, 7) is 0.799. The Labute approximate surface area is 123 Å². The summed E-state index contributed by atoms with van der Waals surface area (Å²) in [5.74, 6) is -0.349. The summed E-state index contributed by atoms with van der Waals surface area (Å²) in [7, 11) is 0. The summed E-state index contributed by atoms with van der Waals surface area (Å²) in [5, 5.41) is 19.6. The number of carbonyl (C=O) groups excluding carboxylic acids is 1. The van der Waals surface area contributed by atoms with Gasteiger partial charge in [-0.25, -0.2) is 0 Å². The van der Waals surface area contributed by atoms with E-state index in [0.717, 1.165) is 0 Å². The normalized spacial score (nSPS) is 18.4. The molecule has 7 nitrogen and oxygen atoms in total. The molecule has 8 heteroatoms. The molecule has 1 saturated heterocycles. The summed E-state index contributed by atoms with van der Waals surface area (Å²) in [6, 6.07) is 6.02. The first-order valence-electron chi connectivity index (χ1n) is 5.76. The fraction of sp³-hybridized carbons (Fsp3) is 0.333. The molecule has 1 fully saturated rings. The van der Waals surface area contributed by atoms with Crippen LogP contribution in [-0.4, -0.2) is 41.5 Å². The van der Waals surface area contributed by atoms with Crippen molar-refractivity contribution in [2.24, 2.45) is 0 Å². The van der Waals surface area contributed by atoms with Gasteiger partial charge < -0.3 is 9.64 Å². The lowest BCUT2D eigenvalue weighted by molar-refractivity contribution is -0.385. The van der Waals surface area contributed by atoms with Gasteiger partial charge in [0.2, 0.25) is 0 Å². The zero-order chi connectivity index (χ0) is 14.7. The van der Waals surface area contributed by atoms with Crippen LogP contribution in [0.15, 0.2) is 22.7 Å². The van der Waals surface area contributed by atoms with Gasteiger partial charge in [0.05, 0.1) is 24.1 Å². The van der Waals surface area contributed by atoms with E-state index in [1.807, 2.05) is 6.07 Å². The fourth-order valence-electron chi connectivity index (χ4n) is 1.90. The average Bonchev–Trinajstić information content (AvgIpc) is 2.45. The van der Waals surface area contributed by atoms with E-state index in [1.54, 1.807) is 0 Å². The number of amides is 1. The van der Waals surface area contributed by atoms with Gasteiger partial charge in [0, 0.05) is 28.7 Å². The van der Waals surface area contributed by atoms with Gasteiger partial charge in [-0.1, -0.05) is 15.9 Å². The summed E-state index contributed by atoms with van der Waals surface area (Å²) < 4.78 is 5.62. The molecule has 2 rings (SSSR count). The van der Waals surface area contributed by atoms with Crippen LogP contribution in [0.2, 0.25) is 0 Å².